The fraction of sp³-hybridized carbons (Fsp3) is 0.500. The molecule has 2 aromatic rings. The molecule has 1 aromatic carbocycles. The van der Waals surface area contributed by atoms with E-state index in [-0.39, 0.29) is 5.91 Å². The number of aromatic amines is 1. The maximum absolute atomic E-state index is 12.6. The summed E-state index contributed by atoms with van der Waals surface area (Å²) in [6.45, 7) is 1.62. The van der Waals surface area contributed by atoms with Gasteiger partial charge in [0.2, 0.25) is 0 Å². The Morgan fingerprint density at radius 1 is 1.29 bits per heavy atom. The van der Waals surface area contributed by atoms with E-state index in [0.717, 1.165) is 43.4 Å². The minimum Gasteiger partial charge on any atom is -0.336 e. The molecule has 21 heavy (non-hydrogen) atoms. The van der Waals surface area contributed by atoms with Gasteiger partial charge in [0.15, 0.2) is 5.82 Å². The van der Waals surface area contributed by atoms with E-state index in [2.05, 4.69) is 29.0 Å². The van der Waals surface area contributed by atoms with Crippen LogP contribution >= 0.6 is 0 Å². The lowest BCUT2D eigenvalue weighted by atomic mass is 10.1. The van der Waals surface area contributed by atoms with Gasteiger partial charge in [-0.3, -0.25) is 4.79 Å². The fourth-order valence-electron chi connectivity index (χ4n) is 3.00. The molecule has 0 unspecified atom stereocenters. The maximum atomic E-state index is 12.6. The molecule has 1 atom stereocenters. The smallest absolute Gasteiger partial charge is 0.289 e. The first-order chi connectivity index (χ1) is 10.1. The molecule has 1 amide bonds. The lowest BCUT2D eigenvalue weighted by Gasteiger charge is -2.23. The Morgan fingerprint density at radius 2 is 2.10 bits per heavy atom. The number of nitrogens with zero attached hydrogens (tertiary/aromatic N) is 3. The number of amides is 1. The molecule has 0 radical (unpaired) electrons. The number of carbonyl (C=O) groups excluding carboxylic acids is 1. The molecule has 0 aliphatic carbocycles. The van der Waals surface area contributed by atoms with Crippen molar-refractivity contribution in [3.8, 4) is 0 Å². The zero-order chi connectivity index (χ0) is 14.8. The molecular formula is C16H22N4O. The third-order valence-corrected chi connectivity index (χ3v) is 4.31. The average molecular weight is 286 g/mol. The summed E-state index contributed by atoms with van der Waals surface area (Å²) in [5, 5.41) is 0. The van der Waals surface area contributed by atoms with Gasteiger partial charge in [0.1, 0.15) is 0 Å². The van der Waals surface area contributed by atoms with E-state index in [9.17, 15) is 4.79 Å². The Morgan fingerprint density at radius 3 is 2.86 bits per heavy atom. The van der Waals surface area contributed by atoms with Crippen molar-refractivity contribution in [2.45, 2.75) is 25.3 Å². The van der Waals surface area contributed by atoms with E-state index in [1.54, 1.807) is 0 Å². The highest BCUT2D eigenvalue weighted by molar-refractivity contribution is 5.94. The molecule has 1 N–H and O–H groups in total. The number of nitrogens with one attached hydrogen (secondary N) is 1. The molecule has 1 aliphatic rings. The second-order valence-corrected chi connectivity index (χ2v) is 5.94. The van der Waals surface area contributed by atoms with Gasteiger partial charge in [-0.2, -0.15) is 0 Å². The largest absolute Gasteiger partial charge is 0.336 e. The molecule has 2 heterocycles. The molecule has 3 rings (SSSR count). The van der Waals surface area contributed by atoms with Gasteiger partial charge in [0, 0.05) is 19.1 Å². The molecule has 1 aliphatic heterocycles. The SMILES string of the molecule is CN(C)[C@@H]1CCCN(C(=O)c2nc3ccccc3[nH]2)CC1. The van der Waals surface area contributed by atoms with Gasteiger partial charge < -0.3 is 14.8 Å². The van der Waals surface area contributed by atoms with E-state index in [1.807, 2.05) is 29.2 Å². The minimum atomic E-state index is 0.0191. The highest BCUT2D eigenvalue weighted by Gasteiger charge is 2.24. The van der Waals surface area contributed by atoms with Gasteiger partial charge in [-0.25, -0.2) is 4.98 Å². The summed E-state index contributed by atoms with van der Waals surface area (Å²) in [5.41, 5.74) is 1.77. The molecule has 1 saturated heterocycles. The van der Waals surface area contributed by atoms with Crippen LogP contribution in [0.25, 0.3) is 11.0 Å². The first-order valence-electron chi connectivity index (χ1n) is 7.55. The van der Waals surface area contributed by atoms with E-state index < -0.39 is 0 Å². The summed E-state index contributed by atoms with van der Waals surface area (Å²) in [7, 11) is 4.22. The number of carbonyl (C=O) groups is 1. The van der Waals surface area contributed by atoms with Gasteiger partial charge in [-0.05, 0) is 45.5 Å². The summed E-state index contributed by atoms with van der Waals surface area (Å²) in [5.74, 6) is 0.477. The fourth-order valence-corrected chi connectivity index (χ4v) is 3.00. The number of hydrogen-bond acceptors (Lipinski definition) is 3. The molecule has 5 nitrogen and oxygen atoms in total. The van der Waals surface area contributed by atoms with Crippen molar-refractivity contribution in [1.29, 1.82) is 0 Å². The number of para-hydroxylation sites is 2. The lowest BCUT2D eigenvalue weighted by molar-refractivity contribution is 0.0748. The van der Waals surface area contributed by atoms with Crippen molar-refractivity contribution < 1.29 is 4.79 Å². The normalized spacial score (nSPS) is 20.0. The Hall–Kier alpha value is -1.88. The van der Waals surface area contributed by atoms with Crippen molar-refractivity contribution in [3.05, 3.63) is 30.1 Å². The van der Waals surface area contributed by atoms with E-state index in [1.165, 1.54) is 0 Å². The van der Waals surface area contributed by atoms with Gasteiger partial charge in [0.05, 0.1) is 11.0 Å². The van der Waals surface area contributed by atoms with Gasteiger partial charge >= 0.3 is 0 Å². The molecular weight excluding hydrogens is 264 g/mol. The third-order valence-electron chi connectivity index (χ3n) is 4.31. The second kappa shape index (κ2) is 5.85. The molecule has 0 spiro atoms. The van der Waals surface area contributed by atoms with Gasteiger partial charge in [0.25, 0.3) is 5.91 Å². The molecule has 1 fully saturated rings. The number of imidazole rings is 1. The second-order valence-electron chi connectivity index (χ2n) is 5.94. The van der Waals surface area contributed by atoms with Crippen LogP contribution < -0.4 is 0 Å². The van der Waals surface area contributed by atoms with Crippen LogP contribution in [0.3, 0.4) is 0 Å². The first-order valence-corrected chi connectivity index (χ1v) is 7.55. The lowest BCUT2D eigenvalue weighted by Crippen LogP contribution is -2.34. The summed E-state index contributed by atoms with van der Waals surface area (Å²) in [6, 6.07) is 8.32. The number of hydrogen-bond donors (Lipinski definition) is 1. The van der Waals surface area contributed by atoms with Crippen molar-refractivity contribution in [1.82, 2.24) is 19.8 Å². The number of likely N-dealkylation sites (tertiary alicyclic amines) is 1. The number of benzene rings is 1. The molecule has 0 bridgehead atoms. The number of fused-ring (bicyclic) bond motifs is 1. The number of aromatic nitrogens is 2. The summed E-state index contributed by atoms with van der Waals surface area (Å²) >= 11 is 0. The average Bonchev–Trinajstić information content (AvgIpc) is 2.75. The van der Waals surface area contributed by atoms with E-state index in [4.69, 9.17) is 0 Å². The van der Waals surface area contributed by atoms with Crippen LogP contribution in [0.1, 0.15) is 29.9 Å². The van der Waals surface area contributed by atoms with E-state index >= 15 is 0 Å². The Balaban J connectivity index is 1.75. The highest BCUT2D eigenvalue weighted by atomic mass is 16.2. The van der Waals surface area contributed by atoms with Gasteiger partial charge in [-0.1, -0.05) is 12.1 Å². The Labute approximate surface area is 125 Å². The molecule has 0 saturated carbocycles. The van der Waals surface area contributed by atoms with Crippen LogP contribution in [-0.2, 0) is 0 Å². The van der Waals surface area contributed by atoms with Crippen molar-refractivity contribution in [3.63, 3.8) is 0 Å². The number of H-pyrrole nitrogens is 1. The third kappa shape index (κ3) is 2.93. The maximum Gasteiger partial charge on any atom is 0.289 e. The zero-order valence-corrected chi connectivity index (χ0v) is 12.7. The van der Waals surface area contributed by atoms with Crippen LogP contribution in [0.2, 0.25) is 0 Å². The monoisotopic (exact) mass is 286 g/mol. The Kier molecular flexibility index (Phi) is 3.92. The van der Waals surface area contributed by atoms with Crippen LogP contribution in [0.15, 0.2) is 24.3 Å². The van der Waals surface area contributed by atoms with E-state index in [0.29, 0.717) is 11.9 Å². The van der Waals surface area contributed by atoms with Crippen molar-refractivity contribution in [2.24, 2.45) is 0 Å². The highest BCUT2D eigenvalue weighted by Crippen LogP contribution is 2.17. The summed E-state index contributed by atoms with van der Waals surface area (Å²) in [6.07, 6.45) is 3.23. The zero-order valence-electron chi connectivity index (χ0n) is 12.7. The van der Waals surface area contributed by atoms with Gasteiger partial charge in [-0.15, -0.1) is 0 Å². The van der Waals surface area contributed by atoms with Crippen LogP contribution in [0.5, 0.6) is 0 Å². The molecule has 112 valence electrons. The first kappa shape index (κ1) is 14.1. The quantitative estimate of drug-likeness (QED) is 0.920. The Bertz CT molecular complexity index is 601. The van der Waals surface area contributed by atoms with Crippen LogP contribution in [0, 0.1) is 0 Å². The standard InChI is InChI=1S/C16H22N4O/c1-19(2)12-6-5-10-20(11-9-12)16(21)15-17-13-7-3-4-8-14(13)18-15/h3-4,7-8,12H,5-6,9-11H2,1-2H3,(H,17,18)/t12-/m1/s1. The predicted octanol–water partition coefficient (Wildman–Crippen LogP) is 2.12. The molecule has 1 aromatic heterocycles. The van der Waals surface area contributed by atoms with Crippen molar-refractivity contribution >= 4 is 16.9 Å². The minimum absolute atomic E-state index is 0.0191. The van der Waals surface area contributed by atoms with Crippen LogP contribution in [0.4, 0.5) is 0 Å². The van der Waals surface area contributed by atoms with Crippen molar-refractivity contribution in [2.75, 3.05) is 27.2 Å². The summed E-state index contributed by atoms with van der Waals surface area (Å²) in [4.78, 5) is 24.4. The van der Waals surface area contributed by atoms with Crippen LogP contribution in [-0.4, -0.2) is 58.9 Å². The number of rotatable bonds is 2. The molecule has 5 heteroatoms. The summed E-state index contributed by atoms with van der Waals surface area (Å²) < 4.78 is 0. The topological polar surface area (TPSA) is 52.2 Å². The predicted molar refractivity (Wildman–Crippen MR) is 83.3 cm³/mol.